The topological polar surface area (TPSA) is 0 Å². The molecule has 0 saturated carbocycles. The maximum atomic E-state index is 2.45. The van der Waals surface area contributed by atoms with Gasteiger partial charge in [0, 0.05) is 0 Å². The van der Waals surface area contributed by atoms with E-state index >= 15 is 0 Å². The number of aryl methyl sites for hydroxylation is 2. The standard InChI is InChI=1S/C16H24/c1-11-10-13-8-6-7-9-14(13)12(2)15(11)16(3,4)5/h10H,6-9H2,1-5H3. The van der Waals surface area contributed by atoms with Crippen molar-refractivity contribution < 1.29 is 0 Å². The average molecular weight is 216 g/mol. The van der Waals surface area contributed by atoms with Crippen molar-refractivity contribution in [3.8, 4) is 0 Å². The van der Waals surface area contributed by atoms with Crippen LogP contribution in [0, 0.1) is 13.8 Å². The van der Waals surface area contributed by atoms with Gasteiger partial charge in [-0.15, -0.1) is 0 Å². The van der Waals surface area contributed by atoms with E-state index in [4.69, 9.17) is 0 Å². The molecule has 16 heavy (non-hydrogen) atoms. The lowest BCUT2D eigenvalue weighted by Crippen LogP contribution is -2.18. The Balaban J connectivity index is 2.63. The maximum absolute atomic E-state index is 2.45. The second-order valence-electron chi connectivity index (χ2n) is 6.29. The van der Waals surface area contributed by atoms with E-state index in [-0.39, 0.29) is 5.41 Å². The van der Waals surface area contributed by atoms with Gasteiger partial charge in [-0.1, -0.05) is 26.8 Å². The summed E-state index contributed by atoms with van der Waals surface area (Å²) in [5.41, 5.74) is 8.19. The van der Waals surface area contributed by atoms with Crippen molar-refractivity contribution in [2.75, 3.05) is 0 Å². The van der Waals surface area contributed by atoms with E-state index in [1.165, 1.54) is 31.2 Å². The van der Waals surface area contributed by atoms with Gasteiger partial charge >= 0.3 is 0 Å². The summed E-state index contributed by atoms with van der Waals surface area (Å²) in [6.07, 6.45) is 5.34. The number of fused-ring (bicyclic) bond motifs is 1. The van der Waals surface area contributed by atoms with Gasteiger partial charge in [0.05, 0.1) is 0 Å². The van der Waals surface area contributed by atoms with E-state index in [0.29, 0.717) is 0 Å². The molecule has 0 heterocycles. The molecule has 1 aromatic rings. The van der Waals surface area contributed by atoms with Gasteiger partial charge in [0.15, 0.2) is 0 Å². The third-order valence-electron chi connectivity index (χ3n) is 3.87. The first-order valence-electron chi connectivity index (χ1n) is 6.53. The van der Waals surface area contributed by atoms with Crippen molar-refractivity contribution in [3.05, 3.63) is 33.9 Å². The minimum Gasteiger partial charge on any atom is -0.0561 e. The summed E-state index contributed by atoms with van der Waals surface area (Å²) >= 11 is 0. The van der Waals surface area contributed by atoms with E-state index in [9.17, 15) is 0 Å². The minimum atomic E-state index is 0.278. The van der Waals surface area contributed by atoms with Crippen LogP contribution in [0.4, 0.5) is 0 Å². The van der Waals surface area contributed by atoms with Crippen LogP contribution in [0.2, 0.25) is 0 Å². The first-order valence-corrected chi connectivity index (χ1v) is 6.53. The second-order valence-corrected chi connectivity index (χ2v) is 6.29. The Morgan fingerprint density at radius 1 is 1.00 bits per heavy atom. The van der Waals surface area contributed by atoms with Crippen molar-refractivity contribution in [2.24, 2.45) is 0 Å². The molecule has 2 rings (SSSR count). The SMILES string of the molecule is Cc1cc2c(c(C)c1C(C)(C)C)CCCC2. The molecule has 0 atom stereocenters. The van der Waals surface area contributed by atoms with Crippen LogP contribution in [0.5, 0.6) is 0 Å². The number of rotatable bonds is 0. The van der Waals surface area contributed by atoms with E-state index in [1.54, 1.807) is 22.3 Å². The van der Waals surface area contributed by atoms with Crippen molar-refractivity contribution in [3.63, 3.8) is 0 Å². The lowest BCUT2D eigenvalue weighted by Gasteiger charge is -2.29. The zero-order valence-corrected chi connectivity index (χ0v) is 11.4. The fourth-order valence-corrected chi connectivity index (χ4v) is 3.45. The summed E-state index contributed by atoms with van der Waals surface area (Å²) in [5, 5.41) is 0. The van der Waals surface area contributed by atoms with Gasteiger partial charge in [-0.3, -0.25) is 0 Å². The molecule has 1 aliphatic carbocycles. The van der Waals surface area contributed by atoms with Crippen LogP contribution in [0.1, 0.15) is 61.4 Å². The summed E-state index contributed by atoms with van der Waals surface area (Å²) < 4.78 is 0. The molecule has 1 aromatic carbocycles. The smallest absolute Gasteiger partial charge is 0.0127 e. The summed E-state index contributed by atoms with van der Waals surface area (Å²) in [7, 11) is 0. The van der Waals surface area contributed by atoms with Crippen molar-refractivity contribution in [1.82, 2.24) is 0 Å². The molecule has 0 unspecified atom stereocenters. The molecule has 0 N–H and O–H groups in total. The summed E-state index contributed by atoms with van der Waals surface area (Å²) in [5.74, 6) is 0. The van der Waals surface area contributed by atoms with Crippen LogP contribution in [-0.4, -0.2) is 0 Å². The Kier molecular flexibility index (Phi) is 2.86. The minimum absolute atomic E-state index is 0.278. The maximum Gasteiger partial charge on any atom is -0.0127 e. The molecule has 0 bridgehead atoms. The van der Waals surface area contributed by atoms with E-state index in [1.807, 2.05) is 0 Å². The molecule has 0 spiro atoms. The molecule has 0 aromatic heterocycles. The first-order chi connectivity index (χ1) is 7.41. The van der Waals surface area contributed by atoms with Gasteiger partial charge in [-0.25, -0.2) is 0 Å². The van der Waals surface area contributed by atoms with Crippen LogP contribution in [-0.2, 0) is 18.3 Å². The van der Waals surface area contributed by atoms with Crippen LogP contribution >= 0.6 is 0 Å². The molecule has 88 valence electrons. The second kappa shape index (κ2) is 3.91. The van der Waals surface area contributed by atoms with Gasteiger partial charge in [0.25, 0.3) is 0 Å². The predicted octanol–water partition coefficient (Wildman–Crippen LogP) is 4.48. The Morgan fingerprint density at radius 2 is 1.62 bits per heavy atom. The number of hydrogen-bond donors (Lipinski definition) is 0. The fourth-order valence-electron chi connectivity index (χ4n) is 3.45. The first kappa shape index (κ1) is 11.7. The Morgan fingerprint density at radius 3 is 2.25 bits per heavy atom. The van der Waals surface area contributed by atoms with Gasteiger partial charge in [-0.05, 0) is 72.8 Å². The van der Waals surface area contributed by atoms with Crippen LogP contribution < -0.4 is 0 Å². The molecule has 0 fully saturated rings. The third-order valence-corrected chi connectivity index (χ3v) is 3.87. The highest BCUT2D eigenvalue weighted by atomic mass is 14.3. The van der Waals surface area contributed by atoms with Crippen LogP contribution in [0.15, 0.2) is 6.07 Å². The lowest BCUT2D eigenvalue weighted by atomic mass is 9.76. The van der Waals surface area contributed by atoms with E-state index in [2.05, 4.69) is 40.7 Å². The number of hydrogen-bond acceptors (Lipinski definition) is 0. The summed E-state index contributed by atoms with van der Waals surface area (Å²) in [6.45, 7) is 11.6. The number of benzene rings is 1. The normalized spacial score (nSPS) is 16.1. The molecule has 0 heteroatoms. The Hall–Kier alpha value is -0.780. The molecule has 0 aliphatic heterocycles. The molecule has 0 saturated heterocycles. The highest BCUT2D eigenvalue weighted by Crippen LogP contribution is 2.35. The van der Waals surface area contributed by atoms with E-state index in [0.717, 1.165) is 0 Å². The average Bonchev–Trinajstić information content (AvgIpc) is 2.15. The molecular formula is C16H24. The highest BCUT2D eigenvalue weighted by Gasteiger charge is 2.23. The molecular weight excluding hydrogens is 192 g/mol. The zero-order valence-electron chi connectivity index (χ0n) is 11.4. The quantitative estimate of drug-likeness (QED) is 0.600. The molecule has 0 radical (unpaired) electrons. The van der Waals surface area contributed by atoms with Crippen molar-refractivity contribution >= 4 is 0 Å². The Bertz CT molecular complexity index is 405. The van der Waals surface area contributed by atoms with E-state index < -0.39 is 0 Å². The summed E-state index contributed by atoms with van der Waals surface area (Å²) in [4.78, 5) is 0. The monoisotopic (exact) mass is 216 g/mol. The third kappa shape index (κ3) is 1.90. The Labute approximate surface area is 100 Å². The van der Waals surface area contributed by atoms with Crippen LogP contribution in [0.25, 0.3) is 0 Å². The fraction of sp³-hybridized carbons (Fsp3) is 0.625. The molecule has 0 amide bonds. The molecule has 0 nitrogen and oxygen atoms in total. The van der Waals surface area contributed by atoms with Gasteiger partial charge in [0.1, 0.15) is 0 Å². The van der Waals surface area contributed by atoms with Crippen molar-refractivity contribution in [2.45, 2.75) is 65.7 Å². The predicted molar refractivity (Wildman–Crippen MR) is 71.3 cm³/mol. The van der Waals surface area contributed by atoms with Crippen molar-refractivity contribution in [1.29, 1.82) is 0 Å². The largest absolute Gasteiger partial charge is 0.0561 e. The lowest BCUT2D eigenvalue weighted by molar-refractivity contribution is 0.576. The summed E-state index contributed by atoms with van der Waals surface area (Å²) in [6, 6.07) is 2.45. The zero-order chi connectivity index (χ0) is 11.9. The van der Waals surface area contributed by atoms with Crippen LogP contribution in [0.3, 0.4) is 0 Å². The van der Waals surface area contributed by atoms with Gasteiger partial charge < -0.3 is 0 Å². The van der Waals surface area contributed by atoms with Gasteiger partial charge in [-0.2, -0.15) is 0 Å². The highest BCUT2D eigenvalue weighted by molar-refractivity contribution is 5.48. The van der Waals surface area contributed by atoms with Gasteiger partial charge in [0.2, 0.25) is 0 Å². The molecule has 1 aliphatic rings.